The van der Waals surface area contributed by atoms with E-state index in [2.05, 4.69) is 32.1 Å². The second-order valence-corrected chi connectivity index (χ2v) is 6.15. The molecule has 0 bridgehead atoms. The molecule has 1 aromatic rings. The fourth-order valence-electron chi connectivity index (χ4n) is 1.65. The first-order chi connectivity index (χ1) is 8.85. The van der Waals surface area contributed by atoms with E-state index in [1.165, 1.54) is 0 Å². The van der Waals surface area contributed by atoms with Gasteiger partial charge >= 0.3 is 0 Å². The summed E-state index contributed by atoms with van der Waals surface area (Å²) in [6, 6.07) is 7.97. The summed E-state index contributed by atoms with van der Waals surface area (Å²) >= 11 is 8.32. The van der Waals surface area contributed by atoms with Gasteiger partial charge in [0.05, 0.1) is 0 Å². The maximum Gasteiger partial charge on any atom is 0.239 e. The molecule has 0 radical (unpaired) electrons. The predicted octanol–water partition coefficient (Wildman–Crippen LogP) is 2.24. The molecule has 0 aliphatic carbocycles. The molecule has 3 N–H and O–H groups in total. The van der Waals surface area contributed by atoms with Gasteiger partial charge in [-0.05, 0) is 35.3 Å². The van der Waals surface area contributed by atoms with Crippen LogP contribution in [0.15, 0.2) is 28.7 Å². The van der Waals surface area contributed by atoms with E-state index in [4.69, 9.17) is 12.2 Å². The second kappa shape index (κ2) is 6.86. The standard InChI is InChI=1S/C13H18BrN3OS/c1-13(2,9-5-4-6-10(14)7-9)8-11(18)16-17-12(19)15-3/h4-7H,8H2,1-3H3,(H,16,18)(H2,15,17,19). The third-order valence-corrected chi connectivity index (χ3v) is 3.55. The number of carbonyl (C=O) groups excluding carboxylic acids is 1. The highest BCUT2D eigenvalue weighted by molar-refractivity contribution is 9.10. The van der Waals surface area contributed by atoms with Crippen molar-refractivity contribution < 1.29 is 4.79 Å². The van der Waals surface area contributed by atoms with Crippen molar-refractivity contribution in [1.29, 1.82) is 0 Å². The van der Waals surface area contributed by atoms with Crippen molar-refractivity contribution in [2.24, 2.45) is 0 Å². The van der Waals surface area contributed by atoms with Crippen LogP contribution < -0.4 is 16.2 Å². The van der Waals surface area contributed by atoms with Gasteiger partial charge in [-0.25, -0.2) is 0 Å². The summed E-state index contributed by atoms with van der Waals surface area (Å²) in [5, 5.41) is 3.10. The molecule has 0 saturated carbocycles. The van der Waals surface area contributed by atoms with E-state index in [1.54, 1.807) is 7.05 Å². The zero-order chi connectivity index (χ0) is 14.5. The van der Waals surface area contributed by atoms with Gasteiger partial charge in [-0.2, -0.15) is 0 Å². The molecule has 104 valence electrons. The van der Waals surface area contributed by atoms with E-state index in [0.717, 1.165) is 10.0 Å². The van der Waals surface area contributed by atoms with E-state index in [9.17, 15) is 4.79 Å². The minimum absolute atomic E-state index is 0.109. The van der Waals surface area contributed by atoms with Crippen LogP contribution >= 0.6 is 28.1 Å². The van der Waals surface area contributed by atoms with E-state index in [-0.39, 0.29) is 11.3 Å². The van der Waals surface area contributed by atoms with Crippen molar-refractivity contribution in [2.75, 3.05) is 7.05 Å². The first-order valence-electron chi connectivity index (χ1n) is 5.88. The molecule has 0 heterocycles. The van der Waals surface area contributed by atoms with Crippen molar-refractivity contribution >= 4 is 39.2 Å². The van der Waals surface area contributed by atoms with Gasteiger partial charge < -0.3 is 5.32 Å². The van der Waals surface area contributed by atoms with Crippen LogP contribution in [0.2, 0.25) is 0 Å². The first-order valence-corrected chi connectivity index (χ1v) is 7.08. The summed E-state index contributed by atoms with van der Waals surface area (Å²) in [6.07, 6.45) is 0.364. The summed E-state index contributed by atoms with van der Waals surface area (Å²) in [7, 11) is 1.69. The van der Waals surface area contributed by atoms with Gasteiger partial charge in [-0.15, -0.1) is 0 Å². The Morgan fingerprint density at radius 3 is 2.63 bits per heavy atom. The molecule has 1 rings (SSSR count). The summed E-state index contributed by atoms with van der Waals surface area (Å²) < 4.78 is 1.01. The van der Waals surface area contributed by atoms with E-state index in [1.807, 2.05) is 38.1 Å². The predicted molar refractivity (Wildman–Crippen MR) is 84.7 cm³/mol. The van der Waals surface area contributed by atoms with Gasteiger partial charge in [0.15, 0.2) is 5.11 Å². The zero-order valence-corrected chi connectivity index (χ0v) is 13.6. The molecule has 0 fully saturated rings. The number of rotatable bonds is 3. The fraction of sp³-hybridized carbons (Fsp3) is 0.385. The number of carbonyl (C=O) groups is 1. The highest BCUT2D eigenvalue weighted by atomic mass is 79.9. The SMILES string of the molecule is CNC(=S)NNC(=O)CC(C)(C)c1cccc(Br)c1. The number of nitrogens with one attached hydrogen (secondary N) is 3. The van der Waals surface area contributed by atoms with Gasteiger partial charge in [-0.1, -0.05) is 41.9 Å². The topological polar surface area (TPSA) is 53.2 Å². The van der Waals surface area contributed by atoms with Crippen LogP contribution in [0.3, 0.4) is 0 Å². The van der Waals surface area contributed by atoms with Crippen molar-refractivity contribution in [3.8, 4) is 0 Å². The number of hydrogen-bond acceptors (Lipinski definition) is 2. The van der Waals surface area contributed by atoms with Gasteiger partial charge in [0, 0.05) is 17.9 Å². The Morgan fingerprint density at radius 2 is 2.05 bits per heavy atom. The largest absolute Gasteiger partial charge is 0.364 e. The van der Waals surface area contributed by atoms with Crippen LogP contribution in [0, 0.1) is 0 Å². The molecule has 0 atom stereocenters. The molecular formula is C13H18BrN3OS. The smallest absolute Gasteiger partial charge is 0.239 e. The van der Waals surface area contributed by atoms with Crippen molar-refractivity contribution in [3.05, 3.63) is 34.3 Å². The molecular weight excluding hydrogens is 326 g/mol. The molecule has 0 aliphatic rings. The molecule has 0 spiro atoms. The monoisotopic (exact) mass is 343 g/mol. The lowest BCUT2D eigenvalue weighted by molar-refractivity contribution is -0.122. The second-order valence-electron chi connectivity index (χ2n) is 4.82. The van der Waals surface area contributed by atoms with Crippen LogP contribution in [-0.4, -0.2) is 18.1 Å². The highest BCUT2D eigenvalue weighted by Crippen LogP contribution is 2.28. The maximum absolute atomic E-state index is 11.9. The average Bonchev–Trinajstić information content (AvgIpc) is 2.35. The number of hydrazine groups is 1. The van der Waals surface area contributed by atoms with Crippen LogP contribution in [0.4, 0.5) is 0 Å². The van der Waals surface area contributed by atoms with Crippen LogP contribution in [-0.2, 0) is 10.2 Å². The third-order valence-electron chi connectivity index (χ3n) is 2.75. The third kappa shape index (κ3) is 5.16. The lowest BCUT2D eigenvalue weighted by Crippen LogP contribution is -2.46. The Morgan fingerprint density at radius 1 is 1.37 bits per heavy atom. The minimum Gasteiger partial charge on any atom is -0.364 e. The molecule has 0 saturated heterocycles. The number of benzene rings is 1. The minimum atomic E-state index is -0.253. The Hall–Kier alpha value is -1.14. The van der Waals surface area contributed by atoms with Crippen LogP contribution in [0.5, 0.6) is 0 Å². The summed E-state index contributed by atoms with van der Waals surface area (Å²) in [6.45, 7) is 4.06. The molecule has 1 amide bonds. The average molecular weight is 344 g/mol. The molecule has 0 unspecified atom stereocenters. The summed E-state index contributed by atoms with van der Waals surface area (Å²) in [4.78, 5) is 11.9. The van der Waals surface area contributed by atoms with Crippen molar-refractivity contribution in [3.63, 3.8) is 0 Å². The number of amides is 1. The Labute approximate surface area is 127 Å². The lowest BCUT2D eigenvalue weighted by atomic mass is 9.81. The molecule has 1 aromatic carbocycles. The van der Waals surface area contributed by atoms with E-state index < -0.39 is 0 Å². The quantitative estimate of drug-likeness (QED) is 0.582. The molecule has 0 aromatic heterocycles. The van der Waals surface area contributed by atoms with Crippen molar-refractivity contribution in [1.82, 2.24) is 16.2 Å². The molecule has 19 heavy (non-hydrogen) atoms. The normalized spacial score (nSPS) is 10.7. The van der Waals surface area contributed by atoms with Crippen LogP contribution in [0.25, 0.3) is 0 Å². The molecule has 6 heteroatoms. The number of thiocarbonyl (C=S) groups is 1. The lowest BCUT2D eigenvalue weighted by Gasteiger charge is -2.25. The van der Waals surface area contributed by atoms with Gasteiger partial charge in [0.1, 0.15) is 0 Å². The summed E-state index contributed by atoms with van der Waals surface area (Å²) in [5.41, 5.74) is 6.05. The van der Waals surface area contributed by atoms with Gasteiger partial charge in [-0.3, -0.25) is 15.6 Å². The molecule has 4 nitrogen and oxygen atoms in total. The molecule has 0 aliphatic heterocycles. The zero-order valence-electron chi connectivity index (χ0n) is 11.2. The maximum atomic E-state index is 11.9. The Balaban J connectivity index is 2.64. The fourth-order valence-corrected chi connectivity index (χ4v) is 2.10. The summed E-state index contributed by atoms with van der Waals surface area (Å²) in [5.74, 6) is -0.109. The van der Waals surface area contributed by atoms with Gasteiger partial charge in [0.25, 0.3) is 0 Å². The van der Waals surface area contributed by atoms with Crippen LogP contribution in [0.1, 0.15) is 25.8 Å². The van der Waals surface area contributed by atoms with E-state index in [0.29, 0.717) is 11.5 Å². The number of hydrogen-bond donors (Lipinski definition) is 3. The van der Waals surface area contributed by atoms with Gasteiger partial charge in [0.2, 0.25) is 5.91 Å². The first kappa shape index (κ1) is 15.9. The van der Waals surface area contributed by atoms with Crippen molar-refractivity contribution in [2.45, 2.75) is 25.7 Å². The highest BCUT2D eigenvalue weighted by Gasteiger charge is 2.24. The number of halogens is 1. The Kier molecular flexibility index (Phi) is 5.75. The van der Waals surface area contributed by atoms with E-state index >= 15 is 0 Å². The Bertz CT molecular complexity index is 477.